The highest BCUT2D eigenvalue weighted by atomic mass is 35.5. The lowest BCUT2D eigenvalue weighted by atomic mass is 10.2. The van der Waals surface area contributed by atoms with Crippen molar-refractivity contribution in [2.24, 2.45) is 0 Å². The van der Waals surface area contributed by atoms with Gasteiger partial charge in [-0.1, -0.05) is 11.6 Å². The monoisotopic (exact) mass is 200 g/mol. The van der Waals surface area contributed by atoms with Crippen molar-refractivity contribution in [3.8, 4) is 0 Å². The van der Waals surface area contributed by atoms with Crippen molar-refractivity contribution in [3.05, 3.63) is 16.9 Å². The minimum atomic E-state index is 0.362. The Labute approximate surface area is 82.6 Å². The molecule has 2 rings (SSSR count). The molecular formula is C9H13ClN2O. The molecule has 0 aromatic carbocycles. The Hall–Kier alpha value is -0.540. The summed E-state index contributed by atoms with van der Waals surface area (Å²) in [4.78, 5) is 0. The third kappa shape index (κ3) is 1.86. The molecule has 1 atom stereocenters. The fourth-order valence-electron chi connectivity index (χ4n) is 1.40. The van der Waals surface area contributed by atoms with E-state index in [-0.39, 0.29) is 0 Å². The summed E-state index contributed by atoms with van der Waals surface area (Å²) >= 11 is 6.02. The van der Waals surface area contributed by atoms with Gasteiger partial charge >= 0.3 is 0 Å². The predicted octanol–water partition coefficient (Wildman–Crippen LogP) is 2.06. The van der Waals surface area contributed by atoms with Crippen LogP contribution in [0.1, 0.15) is 25.6 Å². The van der Waals surface area contributed by atoms with Crippen LogP contribution < -0.4 is 0 Å². The minimum absolute atomic E-state index is 0.362. The van der Waals surface area contributed by atoms with Crippen molar-refractivity contribution in [3.63, 3.8) is 0 Å². The van der Waals surface area contributed by atoms with Gasteiger partial charge in [-0.15, -0.1) is 0 Å². The van der Waals surface area contributed by atoms with E-state index >= 15 is 0 Å². The summed E-state index contributed by atoms with van der Waals surface area (Å²) < 4.78 is 7.13. The largest absolute Gasteiger partial charge is 0.373 e. The second-order valence-electron chi connectivity index (χ2n) is 3.64. The lowest BCUT2D eigenvalue weighted by Crippen LogP contribution is -2.09. The first-order valence-electron chi connectivity index (χ1n) is 4.52. The first kappa shape index (κ1) is 9.03. The summed E-state index contributed by atoms with van der Waals surface area (Å²) in [6, 6.07) is 0.362. The number of hydrogen-bond donors (Lipinski definition) is 0. The summed E-state index contributed by atoms with van der Waals surface area (Å²) in [5, 5.41) is 4.98. The van der Waals surface area contributed by atoms with Gasteiger partial charge in [0.2, 0.25) is 0 Å². The van der Waals surface area contributed by atoms with Gasteiger partial charge in [-0.3, -0.25) is 4.68 Å². The average Bonchev–Trinajstić information content (AvgIpc) is 2.78. The molecule has 1 aliphatic rings. The highest BCUT2D eigenvalue weighted by Gasteiger charge is 2.26. The summed E-state index contributed by atoms with van der Waals surface area (Å²) in [5.41, 5.74) is 1.10. The Kier molecular flexibility index (Phi) is 2.30. The van der Waals surface area contributed by atoms with Gasteiger partial charge < -0.3 is 4.74 Å². The quantitative estimate of drug-likeness (QED) is 0.700. The SMILES string of the molecule is CC(C)n1ncc(Cl)c1CC1CO1. The zero-order chi connectivity index (χ0) is 9.42. The number of rotatable bonds is 3. The molecule has 0 radical (unpaired) electrons. The van der Waals surface area contributed by atoms with Crippen molar-refractivity contribution < 1.29 is 4.74 Å². The third-order valence-corrected chi connectivity index (χ3v) is 2.48. The second kappa shape index (κ2) is 3.31. The second-order valence-corrected chi connectivity index (χ2v) is 4.04. The molecule has 0 saturated carbocycles. The van der Waals surface area contributed by atoms with E-state index in [1.165, 1.54) is 0 Å². The third-order valence-electron chi connectivity index (χ3n) is 2.16. The van der Waals surface area contributed by atoms with Crippen LogP contribution in [0.2, 0.25) is 5.02 Å². The van der Waals surface area contributed by atoms with Crippen LogP contribution in [-0.4, -0.2) is 22.5 Å². The Morgan fingerprint density at radius 3 is 3.00 bits per heavy atom. The zero-order valence-corrected chi connectivity index (χ0v) is 8.58. The lowest BCUT2D eigenvalue weighted by molar-refractivity contribution is 0.398. The normalized spacial score (nSPS) is 21.1. The van der Waals surface area contributed by atoms with E-state index in [1.54, 1.807) is 6.20 Å². The molecule has 3 nitrogen and oxygen atoms in total. The van der Waals surface area contributed by atoms with Gasteiger partial charge in [0.1, 0.15) is 0 Å². The van der Waals surface area contributed by atoms with Crippen LogP contribution >= 0.6 is 11.6 Å². The molecule has 1 aromatic heterocycles. The van der Waals surface area contributed by atoms with Crippen molar-refractivity contribution >= 4 is 11.6 Å². The predicted molar refractivity (Wildman–Crippen MR) is 51.1 cm³/mol. The van der Waals surface area contributed by atoms with Crippen LogP contribution in [-0.2, 0) is 11.2 Å². The number of epoxide rings is 1. The van der Waals surface area contributed by atoms with Gasteiger partial charge in [0, 0.05) is 12.5 Å². The Morgan fingerprint density at radius 2 is 2.46 bits per heavy atom. The van der Waals surface area contributed by atoms with Crippen LogP contribution in [0, 0.1) is 0 Å². The zero-order valence-electron chi connectivity index (χ0n) is 7.83. The van der Waals surface area contributed by atoms with E-state index in [4.69, 9.17) is 16.3 Å². The van der Waals surface area contributed by atoms with Gasteiger partial charge in [-0.25, -0.2) is 0 Å². The van der Waals surface area contributed by atoms with Crippen molar-refractivity contribution in [1.82, 2.24) is 9.78 Å². The fraction of sp³-hybridized carbons (Fsp3) is 0.667. The average molecular weight is 201 g/mol. The van der Waals surface area contributed by atoms with Gasteiger partial charge in [0.15, 0.2) is 0 Å². The molecule has 0 spiro atoms. The molecule has 0 N–H and O–H groups in total. The van der Waals surface area contributed by atoms with Crippen LogP contribution in [0.15, 0.2) is 6.20 Å². The van der Waals surface area contributed by atoms with Gasteiger partial charge in [0.05, 0.1) is 29.6 Å². The van der Waals surface area contributed by atoms with E-state index in [1.807, 2.05) is 4.68 Å². The minimum Gasteiger partial charge on any atom is -0.373 e. The molecule has 0 amide bonds. The van der Waals surface area contributed by atoms with Crippen LogP contribution in [0.25, 0.3) is 0 Å². The summed E-state index contributed by atoms with van der Waals surface area (Å²) in [6.07, 6.45) is 2.96. The topological polar surface area (TPSA) is 30.4 Å². The standard InChI is InChI=1S/C9H13ClN2O/c1-6(2)12-9(3-7-5-13-7)8(10)4-11-12/h4,6-7H,3,5H2,1-2H3. The smallest absolute Gasteiger partial charge is 0.0865 e. The van der Waals surface area contributed by atoms with Crippen LogP contribution in [0.4, 0.5) is 0 Å². The number of halogens is 1. The van der Waals surface area contributed by atoms with Crippen LogP contribution in [0.3, 0.4) is 0 Å². The van der Waals surface area contributed by atoms with E-state index < -0.39 is 0 Å². The molecule has 1 aliphatic heterocycles. The van der Waals surface area contributed by atoms with E-state index in [2.05, 4.69) is 18.9 Å². The summed E-state index contributed by atoms with van der Waals surface area (Å²) in [6.45, 7) is 5.06. The van der Waals surface area contributed by atoms with Gasteiger partial charge in [0.25, 0.3) is 0 Å². The maximum absolute atomic E-state index is 6.02. The molecule has 1 saturated heterocycles. The number of aromatic nitrogens is 2. The number of ether oxygens (including phenoxy) is 1. The molecule has 1 aromatic rings. The molecule has 2 heterocycles. The molecule has 1 unspecified atom stereocenters. The van der Waals surface area contributed by atoms with Crippen molar-refractivity contribution in [2.75, 3.05) is 6.61 Å². The molecule has 1 fully saturated rings. The summed E-state index contributed by atoms with van der Waals surface area (Å²) in [5.74, 6) is 0. The van der Waals surface area contributed by atoms with Crippen LogP contribution in [0.5, 0.6) is 0 Å². The van der Waals surface area contributed by atoms with E-state index in [0.717, 1.165) is 23.7 Å². The van der Waals surface area contributed by atoms with E-state index in [0.29, 0.717) is 12.1 Å². The maximum atomic E-state index is 6.02. The molecule has 0 bridgehead atoms. The number of nitrogens with zero attached hydrogens (tertiary/aromatic N) is 2. The highest BCUT2D eigenvalue weighted by Crippen LogP contribution is 2.24. The lowest BCUT2D eigenvalue weighted by Gasteiger charge is -2.09. The van der Waals surface area contributed by atoms with Gasteiger partial charge in [-0.05, 0) is 13.8 Å². The van der Waals surface area contributed by atoms with Gasteiger partial charge in [-0.2, -0.15) is 5.10 Å². The summed E-state index contributed by atoms with van der Waals surface area (Å²) in [7, 11) is 0. The Morgan fingerprint density at radius 1 is 1.77 bits per heavy atom. The molecule has 13 heavy (non-hydrogen) atoms. The molecule has 72 valence electrons. The van der Waals surface area contributed by atoms with Crippen molar-refractivity contribution in [1.29, 1.82) is 0 Å². The fourth-order valence-corrected chi connectivity index (χ4v) is 1.61. The highest BCUT2D eigenvalue weighted by molar-refractivity contribution is 6.31. The first-order chi connectivity index (χ1) is 6.18. The molecule has 0 aliphatic carbocycles. The van der Waals surface area contributed by atoms with E-state index in [9.17, 15) is 0 Å². The molecule has 4 heteroatoms. The molecular weight excluding hydrogens is 188 g/mol. The number of hydrogen-bond acceptors (Lipinski definition) is 2. The first-order valence-corrected chi connectivity index (χ1v) is 4.89. The van der Waals surface area contributed by atoms with Crippen molar-refractivity contribution in [2.45, 2.75) is 32.4 Å². The maximum Gasteiger partial charge on any atom is 0.0865 e. The Balaban J connectivity index is 2.22. The Bertz CT molecular complexity index is 305.